The van der Waals surface area contributed by atoms with Crippen LogP contribution in [0.25, 0.3) is 5.65 Å². The van der Waals surface area contributed by atoms with Crippen molar-refractivity contribution in [2.45, 2.75) is 18.4 Å². The van der Waals surface area contributed by atoms with E-state index in [9.17, 15) is 13.2 Å². The summed E-state index contributed by atoms with van der Waals surface area (Å²) < 4.78 is 27.2. The number of hydrogen-bond donors (Lipinski definition) is 1. The molecule has 0 aliphatic rings. The van der Waals surface area contributed by atoms with Crippen molar-refractivity contribution in [2.75, 3.05) is 14.1 Å². The number of nitrogens with zero attached hydrogens (tertiary/aromatic N) is 3. The summed E-state index contributed by atoms with van der Waals surface area (Å²) in [4.78, 5) is 16.9. The molecule has 2 aromatic heterocycles. The van der Waals surface area contributed by atoms with Crippen molar-refractivity contribution >= 4 is 21.6 Å². The standard InChI is InChI=1S/C18H20N4O3S/c1-13-5-4-6-17-20-15(12-22(13)17)11-19-18(23)14-7-9-16(10-8-14)26(24,25)21(2)3/h4-10,12H,11H2,1-3H3,(H,19,23). The second kappa shape index (κ2) is 6.89. The predicted molar refractivity (Wildman–Crippen MR) is 98.4 cm³/mol. The summed E-state index contributed by atoms with van der Waals surface area (Å²) >= 11 is 0. The Hall–Kier alpha value is -2.71. The average molecular weight is 372 g/mol. The zero-order chi connectivity index (χ0) is 18.9. The number of sulfonamides is 1. The molecular weight excluding hydrogens is 352 g/mol. The van der Waals surface area contributed by atoms with E-state index in [2.05, 4.69) is 10.3 Å². The normalized spacial score (nSPS) is 11.8. The number of benzene rings is 1. The molecule has 1 aromatic carbocycles. The number of carbonyl (C=O) groups excluding carboxylic acids is 1. The van der Waals surface area contributed by atoms with Gasteiger partial charge < -0.3 is 9.72 Å². The molecule has 26 heavy (non-hydrogen) atoms. The van der Waals surface area contributed by atoms with Crippen LogP contribution in [0, 0.1) is 6.92 Å². The minimum atomic E-state index is -3.50. The molecule has 1 amide bonds. The van der Waals surface area contributed by atoms with Crippen molar-refractivity contribution in [1.29, 1.82) is 0 Å². The van der Waals surface area contributed by atoms with E-state index in [1.165, 1.54) is 38.4 Å². The Kier molecular flexibility index (Phi) is 4.80. The van der Waals surface area contributed by atoms with E-state index in [4.69, 9.17) is 0 Å². The van der Waals surface area contributed by atoms with Gasteiger partial charge >= 0.3 is 0 Å². The Morgan fingerprint density at radius 3 is 2.46 bits per heavy atom. The number of rotatable bonds is 5. The highest BCUT2D eigenvalue weighted by molar-refractivity contribution is 7.89. The fourth-order valence-electron chi connectivity index (χ4n) is 2.55. The van der Waals surface area contributed by atoms with Crippen molar-refractivity contribution in [1.82, 2.24) is 19.0 Å². The predicted octanol–water partition coefficient (Wildman–Crippen LogP) is 1.82. The van der Waals surface area contributed by atoms with Crippen LogP contribution < -0.4 is 5.32 Å². The molecule has 3 aromatic rings. The van der Waals surface area contributed by atoms with Gasteiger partial charge in [-0.2, -0.15) is 0 Å². The molecule has 2 heterocycles. The summed E-state index contributed by atoms with van der Waals surface area (Å²) in [7, 11) is -0.575. The van der Waals surface area contributed by atoms with E-state index in [0.29, 0.717) is 5.56 Å². The third-order valence-corrected chi connectivity index (χ3v) is 5.90. The van der Waals surface area contributed by atoms with Gasteiger partial charge in [0, 0.05) is 31.5 Å². The molecule has 0 unspecified atom stereocenters. The lowest BCUT2D eigenvalue weighted by atomic mass is 10.2. The lowest BCUT2D eigenvalue weighted by Crippen LogP contribution is -2.24. The SMILES string of the molecule is Cc1cccc2nc(CNC(=O)c3ccc(S(=O)(=O)N(C)C)cc3)cn12. The van der Waals surface area contributed by atoms with E-state index < -0.39 is 10.0 Å². The van der Waals surface area contributed by atoms with Gasteiger partial charge in [-0.1, -0.05) is 6.07 Å². The lowest BCUT2D eigenvalue weighted by molar-refractivity contribution is 0.0950. The van der Waals surface area contributed by atoms with Crippen LogP contribution in [0.15, 0.2) is 53.6 Å². The molecule has 8 heteroatoms. The Balaban J connectivity index is 1.71. The summed E-state index contributed by atoms with van der Waals surface area (Å²) in [6, 6.07) is 11.7. The van der Waals surface area contributed by atoms with E-state index >= 15 is 0 Å². The van der Waals surface area contributed by atoms with Gasteiger partial charge in [0.1, 0.15) is 5.65 Å². The number of amides is 1. The first kappa shape index (κ1) is 18.1. The first-order valence-corrected chi connectivity index (χ1v) is 9.47. The lowest BCUT2D eigenvalue weighted by Gasteiger charge is -2.11. The van der Waals surface area contributed by atoms with Crippen LogP contribution >= 0.6 is 0 Å². The first-order valence-electron chi connectivity index (χ1n) is 8.03. The Bertz CT molecular complexity index is 1050. The van der Waals surface area contributed by atoms with E-state index in [0.717, 1.165) is 21.3 Å². The summed E-state index contributed by atoms with van der Waals surface area (Å²) in [5, 5.41) is 2.80. The molecule has 0 radical (unpaired) electrons. The van der Waals surface area contributed by atoms with Gasteiger partial charge in [-0.15, -0.1) is 0 Å². The van der Waals surface area contributed by atoms with Crippen molar-refractivity contribution in [3.05, 3.63) is 65.6 Å². The summed E-state index contributed by atoms with van der Waals surface area (Å²) in [5.74, 6) is -0.285. The molecular formula is C18H20N4O3S. The van der Waals surface area contributed by atoms with Crippen LogP contribution in [-0.4, -0.2) is 42.1 Å². The van der Waals surface area contributed by atoms with Crippen LogP contribution in [0.4, 0.5) is 0 Å². The second-order valence-corrected chi connectivity index (χ2v) is 8.27. The maximum Gasteiger partial charge on any atom is 0.251 e. The molecule has 136 valence electrons. The van der Waals surface area contributed by atoms with Crippen LogP contribution in [0.5, 0.6) is 0 Å². The largest absolute Gasteiger partial charge is 0.346 e. The number of aromatic nitrogens is 2. The van der Waals surface area contributed by atoms with Crippen LogP contribution in [0.3, 0.4) is 0 Å². The van der Waals surface area contributed by atoms with E-state index in [-0.39, 0.29) is 17.3 Å². The topological polar surface area (TPSA) is 83.8 Å². The zero-order valence-electron chi connectivity index (χ0n) is 14.8. The third kappa shape index (κ3) is 3.47. The molecule has 0 fully saturated rings. The van der Waals surface area contributed by atoms with Gasteiger partial charge in [-0.25, -0.2) is 17.7 Å². The third-order valence-electron chi connectivity index (χ3n) is 4.07. The van der Waals surface area contributed by atoms with E-state index in [1.807, 2.05) is 35.7 Å². The Morgan fingerprint density at radius 1 is 1.15 bits per heavy atom. The second-order valence-electron chi connectivity index (χ2n) is 6.12. The van der Waals surface area contributed by atoms with Crippen molar-refractivity contribution < 1.29 is 13.2 Å². The number of hydrogen-bond acceptors (Lipinski definition) is 4. The molecule has 0 aliphatic carbocycles. The van der Waals surface area contributed by atoms with Gasteiger partial charge in [0.2, 0.25) is 10.0 Å². The number of pyridine rings is 1. The Labute approximate surface area is 152 Å². The van der Waals surface area contributed by atoms with E-state index in [1.54, 1.807) is 0 Å². The van der Waals surface area contributed by atoms with Gasteiger partial charge in [-0.05, 0) is 43.3 Å². The molecule has 0 bridgehead atoms. The molecule has 0 saturated carbocycles. The van der Waals surface area contributed by atoms with Crippen molar-refractivity contribution in [3.8, 4) is 0 Å². The van der Waals surface area contributed by atoms with Crippen LogP contribution in [0.1, 0.15) is 21.7 Å². The van der Waals surface area contributed by atoms with Crippen molar-refractivity contribution in [2.24, 2.45) is 0 Å². The van der Waals surface area contributed by atoms with Gasteiger partial charge in [-0.3, -0.25) is 4.79 Å². The number of carbonyl (C=O) groups is 1. The zero-order valence-corrected chi connectivity index (χ0v) is 15.6. The fourth-order valence-corrected chi connectivity index (χ4v) is 3.45. The summed E-state index contributed by atoms with van der Waals surface area (Å²) in [5.41, 5.74) is 3.03. The molecule has 7 nitrogen and oxygen atoms in total. The highest BCUT2D eigenvalue weighted by Crippen LogP contribution is 2.14. The maximum atomic E-state index is 12.3. The molecule has 0 atom stereocenters. The minimum Gasteiger partial charge on any atom is -0.346 e. The summed E-state index contributed by atoms with van der Waals surface area (Å²) in [6.45, 7) is 2.28. The van der Waals surface area contributed by atoms with Gasteiger partial charge in [0.25, 0.3) is 5.91 Å². The Morgan fingerprint density at radius 2 is 1.85 bits per heavy atom. The molecule has 1 N–H and O–H groups in total. The van der Waals surface area contributed by atoms with Gasteiger partial charge in [0.15, 0.2) is 0 Å². The number of aryl methyl sites for hydroxylation is 1. The smallest absolute Gasteiger partial charge is 0.251 e. The number of imidazole rings is 1. The number of fused-ring (bicyclic) bond motifs is 1. The fraction of sp³-hybridized carbons (Fsp3) is 0.222. The van der Waals surface area contributed by atoms with Crippen LogP contribution in [-0.2, 0) is 16.6 Å². The molecule has 0 saturated heterocycles. The average Bonchev–Trinajstić information content (AvgIpc) is 3.04. The highest BCUT2D eigenvalue weighted by Gasteiger charge is 2.17. The first-order chi connectivity index (χ1) is 12.3. The van der Waals surface area contributed by atoms with Gasteiger partial charge in [0.05, 0.1) is 17.1 Å². The molecule has 3 rings (SSSR count). The maximum absolute atomic E-state index is 12.3. The summed E-state index contributed by atoms with van der Waals surface area (Å²) in [6.07, 6.45) is 1.89. The quantitative estimate of drug-likeness (QED) is 0.740. The number of nitrogens with one attached hydrogen (secondary N) is 1. The van der Waals surface area contributed by atoms with Crippen molar-refractivity contribution in [3.63, 3.8) is 0 Å². The monoisotopic (exact) mass is 372 g/mol. The van der Waals surface area contributed by atoms with Crippen LogP contribution in [0.2, 0.25) is 0 Å². The minimum absolute atomic E-state index is 0.148. The molecule has 0 spiro atoms. The molecule has 0 aliphatic heterocycles. The highest BCUT2D eigenvalue weighted by atomic mass is 32.2.